The normalized spacial score (nSPS) is 10.5. The number of rotatable bonds is 0. The van der Waals surface area contributed by atoms with Crippen molar-refractivity contribution in [2.45, 2.75) is 0 Å². The first-order valence-electron chi connectivity index (χ1n) is 2.68. The molecule has 0 unspecified atom stereocenters. The molecule has 0 saturated carbocycles. The molecule has 2 rings (SSSR count). The van der Waals surface area contributed by atoms with E-state index in [1.165, 1.54) is 6.33 Å². The molecule has 10 heavy (non-hydrogen) atoms. The number of aromatic nitrogens is 4. The highest BCUT2D eigenvalue weighted by Gasteiger charge is 1.96. The average molecular weight is 199 g/mol. The Morgan fingerprint density at radius 2 is 2.30 bits per heavy atom. The third kappa shape index (κ3) is 0.706. The minimum Gasteiger partial charge on any atom is -0.220 e. The molecule has 0 aliphatic carbocycles. The van der Waals surface area contributed by atoms with Gasteiger partial charge in [0.15, 0.2) is 0 Å². The van der Waals surface area contributed by atoms with Gasteiger partial charge in [-0.1, -0.05) is 0 Å². The second-order valence-electron chi connectivity index (χ2n) is 1.74. The van der Waals surface area contributed by atoms with E-state index < -0.39 is 0 Å². The Bertz CT molecular complexity index is 355. The summed E-state index contributed by atoms with van der Waals surface area (Å²) in [7, 11) is 0. The minimum absolute atomic E-state index is 0.606. The lowest BCUT2D eigenvalue weighted by Crippen LogP contribution is -1.90. The largest absolute Gasteiger partial charge is 0.253 e. The average Bonchev–Trinajstić information content (AvgIpc) is 2.36. The molecular formula is C5H3BrN4. The van der Waals surface area contributed by atoms with Crippen molar-refractivity contribution in [2.24, 2.45) is 0 Å². The molecule has 0 N–H and O–H groups in total. The molecule has 2 aromatic rings. The third-order valence-electron chi connectivity index (χ3n) is 1.13. The minimum atomic E-state index is 0.606. The van der Waals surface area contributed by atoms with E-state index in [4.69, 9.17) is 0 Å². The van der Waals surface area contributed by atoms with Crippen LogP contribution in [0.15, 0.2) is 23.2 Å². The molecule has 0 aliphatic rings. The molecule has 5 heteroatoms. The maximum atomic E-state index is 3.96. The fourth-order valence-electron chi connectivity index (χ4n) is 0.710. The SMILES string of the molecule is Brc1ccnc2ncnn12. The van der Waals surface area contributed by atoms with Gasteiger partial charge >= 0.3 is 0 Å². The van der Waals surface area contributed by atoms with Crippen LogP contribution in [0.2, 0.25) is 0 Å². The van der Waals surface area contributed by atoms with Crippen LogP contribution in [0.4, 0.5) is 0 Å². The lowest BCUT2D eigenvalue weighted by Gasteiger charge is -1.90. The first kappa shape index (κ1) is 5.79. The monoisotopic (exact) mass is 198 g/mol. The summed E-state index contributed by atoms with van der Waals surface area (Å²) in [6, 6.07) is 1.81. The van der Waals surface area contributed by atoms with Crippen molar-refractivity contribution in [2.75, 3.05) is 0 Å². The van der Waals surface area contributed by atoms with Crippen LogP contribution in [-0.4, -0.2) is 19.6 Å². The van der Waals surface area contributed by atoms with E-state index in [2.05, 4.69) is 31.0 Å². The third-order valence-corrected chi connectivity index (χ3v) is 1.73. The maximum Gasteiger partial charge on any atom is 0.253 e. The molecule has 0 saturated heterocycles. The first-order chi connectivity index (χ1) is 4.88. The summed E-state index contributed by atoms with van der Waals surface area (Å²) < 4.78 is 2.47. The van der Waals surface area contributed by atoms with Gasteiger partial charge in [-0.15, -0.1) is 0 Å². The van der Waals surface area contributed by atoms with Crippen LogP contribution in [0.1, 0.15) is 0 Å². The summed E-state index contributed by atoms with van der Waals surface area (Å²) in [5, 5.41) is 3.91. The fraction of sp³-hybridized carbons (Fsp3) is 0. The van der Waals surface area contributed by atoms with Crippen molar-refractivity contribution in [1.82, 2.24) is 19.6 Å². The molecule has 2 aromatic heterocycles. The Labute approximate surface area is 65.0 Å². The van der Waals surface area contributed by atoms with Gasteiger partial charge in [0.2, 0.25) is 0 Å². The standard InChI is InChI=1S/C5H3BrN4/c6-4-1-2-7-5-8-3-9-10(4)5/h1-3H. The number of nitrogens with zero attached hydrogens (tertiary/aromatic N) is 4. The molecule has 0 bridgehead atoms. The second kappa shape index (κ2) is 2.02. The first-order valence-corrected chi connectivity index (χ1v) is 3.47. The zero-order chi connectivity index (χ0) is 6.97. The summed E-state index contributed by atoms with van der Waals surface area (Å²) >= 11 is 3.30. The van der Waals surface area contributed by atoms with E-state index in [0.717, 1.165) is 4.60 Å². The van der Waals surface area contributed by atoms with Crippen molar-refractivity contribution in [3.05, 3.63) is 23.2 Å². The quantitative estimate of drug-likeness (QED) is 0.591. The zero-order valence-corrected chi connectivity index (χ0v) is 6.48. The Balaban J connectivity index is 2.95. The Morgan fingerprint density at radius 1 is 1.40 bits per heavy atom. The van der Waals surface area contributed by atoms with Crippen LogP contribution in [0, 0.1) is 0 Å². The van der Waals surface area contributed by atoms with Gasteiger partial charge < -0.3 is 0 Å². The number of hydrogen-bond acceptors (Lipinski definition) is 3. The fourth-order valence-corrected chi connectivity index (χ4v) is 1.08. The van der Waals surface area contributed by atoms with Crippen LogP contribution in [0.5, 0.6) is 0 Å². The molecule has 0 atom stereocenters. The molecule has 2 heterocycles. The van der Waals surface area contributed by atoms with Crippen molar-refractivity contribution < 1.29 is 0 Å². The summed E-state index contributed by atoms with van der Waals surface area (Å²) in [5.41, 5.74) is 0. The lowest BCUT2D eigenvalue weighted by atomic mass is 10.7. The molecule has 0 spiro atoms. The van der Waals surface area contributed by atoms with E-state index >= 15 is 0 Å². The highest BCUT2D eigenvalue weighted by Crippen LogP contribution is 2.06. The van der Waals surface area contributed by atoms with Crippen LogP contribution in [0.25, 0.3) is 5.78 Å². The van der Waals surface area contributed by atoms with Gasteiger partial charge in [0.1, 0.15) is 10.9 Å². The van der Waals surface area contributed by atoms with Gasteiger partial charge in [-0.25, -0.2) is 4.98 Å². The van der Waals surface area contributed by atoms with Crippen LogP contribution >= 0.6 is 15.9 Å². The van der Waals surface area contributed by atoms with Crippen molar-refractivity contribution in [1.29, 1.82) is 0 Å². The summed E-state index contributed by atoms with van der Waals surface area (Å²) in [6.45, 7) is 0. The van der Waals surface area contributed by atoms with Crippen LogP contribution < -0.4 is 0 Å². The van der Waals surface area contributed by atoms with Gasteiger partial charge in [-0.2, -0.15) is 14.6 Å². The Morgan fingerprint density at radius 3 is 3.10 bits per heavy atom. The van der Waals surface area contributed by atoms with Crippen molar-refractivity contribution in [3.8, 4) is 0 Å². The van der Waals surface area contributed by atoms with E-state index in [9.17, 15) is 0 Å². The van der Waals surface area contributed by atoms with E-state index in [-0.39, 0.29) is 0 Å². The van der Waals surface area contributed by atoms with Crippen molar-refractivity contribution >= 4 is 21.7 Å². The molecule has 0 aromatic carbocycles. The van der Waals surface area contributed by atoms with E-state index in [1.807, 2.05) is 6.07 Å². The second-order valence-corrected chi connectivity index (χ2v) is 2.55. The predicted molar refractivity (Wildman–Crippen MR) is 38.5 cm³/mol. The number of halogens is 1. The van der Waals surface area contributed by atoms with Gasteiger partial charge in [0.05, 0.1) is 0 Å². The summed E-state index contributed by atoms with van der Waals surface area (Å²) in [6.07, 6.45) is 3.14. The molecule has 0 amide bonds. The van der Waals surface area contributed by atoms with Gasteiger partial charge in [-0.05, 0) is 22.0 Å². The van der Waals surface area contributed by atoms with Gasteiger partial charge in [-0.3, -0.25) is 0 Å². The number of fused-ring (bicyclic) bond motifs is 1. The highest BCUT2D eigenvalue weighted by molar-refractivity contribution is 9.10. The maximum absolute atomic E-state index is 3.96. The van der Waals surface area contributed by atoms with E-state index in [0.29, 0.717) is 5.78 Å². The van der Waals surface area contributed by atoms with E-state index in [1.54, 1.807) is 10.7 Å². The molecule has 0 radical (unpaired) electrons. The van der Waals surface area contributed by atoms with Crippen LogP contribution in [-0.2, 0) is 0 Å². The zero-order valence-electron chi connectivity index (χ0n) is 4.90. The summed E-state index contributed by atoms with van der Waals surface area (Å²) in [4.78, 5) is 7.85. The molecule has 4 nitrogen and oxygen atoms in total. The van der Waals surface area contributed by atoms with Crippen molar-refractivity contribution in [3.63, 3.8) is 0 Å². The Kier molecular flexibility index (Phi) is 1.17. The molecule has 0 aliphatic heterocycles. The predicted octanol–water partition coefficient (Wildman–Crippen LogP) is 0.887. The smallest absolute Gasteiger partial charge is 0.220 e. The summed E-state index contributed by atoms with van der Waals surface area (Å²) in [5.74, 6) is 0.606. The topological polar surface area (TPSA) is 43.1 Å². The Hall–Kier alpha value is -0.970. The number of hydrogen-bond donors (Lipinski definition) is 0. The lowest BCUT2D eigenvalue weighted by molar-refractivity contribution is 0.914. The molecule has 50 valence electrons. The highest BCUT2D eigenvalue weighted by atomic mass is 79.9. The molecular weight excluding hydrogens is 196 g/mol. The molecule has 0 fully saturated rings. The van der Waals surface area contributed by atoms with Gasteiger partial charge in [0.25, 0.3) is 5.78 Å². The van der Waals surface area contributed by atoms with Gasteiger partial charge in [0, 0.05) is 6.20 Å². The van der Waals surface area contributed by atoms with Crippen LogP contribution in [0.3, 0.4) is 0 Å².